The third-order valence-electron chi connectivity index (χ3n) is 5.16. The molecular formula is C20H17I2NO2SSi. The Kier molecular flexibility index (Phi) is 5.23. The number of aromatic hydroxyl groups is 1. The fraction of sp³-hybridized carbons (Fsp3) is 0.200. The number of rotatable bonds is 3. The molecule has 2 heterocycles. The van der Waals surface area contributed by atoms with Crippen molar-refractivity contribution >= 4 is 87.0 Å². The number of carbonyl (C=O) groups is 1. The molecule has 2 aromatic rings. The van der Waals surface area contributed by atoms with E-state index in [1.807, 2.05) is 12.1 Å². The van der Waals surface area contributed by atoms with Crippen LogP contribution in [0.5, 0.6) is 5.75 Å². The van der Waals surface area contributed by atoms with Gasteiger partial charge in [-0.05, 0) is 98.0 Å². The quantitative estimate of drug-likeness (QED) is 0.273. The summed E-state index contributed by atoms with van der Waals surface area (Å²) in [7, 11) is -2.23. The number of hydrogen-bond acceptors (Lipinski definition) is 4. The van der Waals surface area contributed by atoms with Crippen molar-refractivity contribution in [2.45, 2.75) is 25.9 Å². The van der Waals surface area contributed by atoms with Gasteiger partial charge in [0.15, 0.2) is 5.78 Å². The van der Waals surface area contributed by atoms with Gasteiger partial charge in [-0.15, -0.1) is 11.3 Å². The molecule has 1 aliphatic heterocycles. The van der Waals surface area contributed by atoms with E-state index in [2.05, 4.69) is 64.7 Å². The van der Waals surface area contributed by atoms with Crippen LogP contribution in [0, 0.1) is 6.45 Å². The fourth-order valence-electron chi connectivity index (χ4n) is 4.03. The zero-order valence-electron chi connectivity index (χ0n) is 14.8. The van der Waals surface area contributed by atoms with E-state index >= 15 is 0 Å². The maximum absolute atomic E-state index is 12.1. The highest BCUT2D eigenvalue weighted by Gasteiger charge is 2.43. The Labute approximate surface area is 190 Å². The molecule has 2 aliphatic rings. The first-order valence-corrected chi connectivity index (χ1v) is 14.4. The lowest BCUT2D eigenvalue weighted by atomic mass is 10.1. The van der Waals surface area contributed by atoms with E-state index < -0.39 is 8.07 Å². The Balaban J connectivity index is 2.07. The number of ketones is 1. The van der Waals surface area contributed by atoms with E-state index in [-0.39, 0.29) is 5.78 Å². The SMILES string of the molecule is CCC[Si]1(C)C2=CC(=O)C=CC2=Nc2ccc(O)c(-c3cc(I)c(I)s3)c21. The molecular weight excluding hydrogens is 600 g/mol. The van der Waals surface area contributed by atoms with Crippen LogP contribution in [0.4, 0.5) is 5.69 Å². The predicted molar refractivity (Wildman–Crippen MR) is 133 cm³/mol. The number of phenols is 1. The monoisotopic (exact) mass is 617 g/mol. The number of fused-ring (bicyclic) bond motifs is 2. The van der Waals surface area contributed by atoms with E-state index in [0.717, 1.165) is 44.7 Å². The molecule has 0 radical (unpaired) electrons. The summed E-state index contributed by atoms with van der Waals surface area (Å²) in [4.78, 5) is 18.1. The number of phenolic OH excluding ortho intramolecular Hbond substituents is 1. The highest BCUT2D eigenvalue weighted by Crippen LogP contribution is 2.43. The summed E-state index contributed by atoms with van der Waals surface area (Å²) >= 11 is 6.38. The number of hydrogen-bond donors (Lipinski definition) is 1. The van der Waals surface area contributed by atoms with Gasteiger partial charge in [-0.1, -0.05) is 19.9 Å². The molecule has 7 heteroatoms. The van der Waals surface area contributed by atoms with Gasteiger partial charge in [0.05, 0.1) is 14.3 Å². The maximum Gasteiger partial charge on any atom is 0.178 e. The van der Waals surface area contributed by atoms with Crippen LogP contribution in [0.25, 0.3) is 10.4 Å². The predicted octanol–water partition coefficient (Wildman–Crippen LogP) is 5.72. The van der Waals surface area contributed by atoms with E-state index in [1.54, 1.807) is 29.6 Å². The van der Waals surface area contributed by atoms with Gasteiger partial charge in [0, 0.05) is 14.0 Å². The van der Waals surface area contributed by atoms with Crippen molar-refractivity contribution in [3.05, 3.63) is 48.1 Å². The molecule has 4 rings (SSSR count). The highest BCUT2D eigenvalue weighted by atomic mass is 127. The minimum Gasteiger partial charge on any atom is -0.507 e. The highest BCUT2D eigenvalue weighted by molar-refractivity contribution is 14.1. The van der Waals surface area contributed by atoms with E-state index in [4.69, 9.17) is 4.99 Å². The van der Waals surface area contributed by atoms with Crippen LogP contribution >= 0.6 is 56.5 Å². The topological polar surface area (TPSA) is 49.7 Å². The van der Waals surface area contributed by atoms with Gasteiger partial charge >= 0.3 is 0 Å². The zero-order chi connectivity index (χ0) is 19.3. The third kappa shape index (κ3) is 3.20. The van der Waals surface area contributed by atoms with Gasteiger partial charge in [0.2, 0.25) is 0 Å². The van der Waals surface area contributed by atoms with E-state index in [0.29, 0.717) is 5.75 Å². The van der Waals surface area contributed by atoms with Crippen LogP contribution in [-0.4, -0.2) is 24.7 Å². The van der Waals surface area contributed by atoms with Crippen molar-refractivity contribution in [3.63, 3.8) is 0 Å². The molecule has 0 amide bonds. The summed E-state index contributed by atoms with van der Waals surface area (Å²) in [6, 6.07) is 6.84. The van der Waals surface area contributed by atoms with Gasteiger partial charge in [0.25, 0.3) is 0 Å². The molecule has 1 aromatic carbocycles. The fourth-order valence-corrected chi connectivity index (χ4v) is 11.1. The van der Waals surface area contributed by atoms with Crippen molar-refractivity contribution in [2.75, 3.05) is 0 Å². The standard InChI is InChI=1S/C20H17I2NO2SSi/c1-3-8-27(2)17-9-11(24)4-5-13(17)23-14-6-7-15(25)18(19(14)27)16-10-12(21)20(22)26-16/h4-7,9-10,25H,3,8H2,1-2H3. The summed E-state index contributed by atoms with van der Waals surface area (Å²) < 4.78 is 2.41. The van der Waals surface area contributed by atoms with E-state index in [9.17, 15) is 9.90 Å². The largest absolute Gasteiger partial charge is 0.507 e. The normalized spacial score (nSPS) is 20.8. The van der Waals surface area contributed by atoms with Crippen molar-refractivity contribution in [1.82, 2.24) is 0 Å². The molecule has 1 N–H and O–H groups in total. The molecule has 138 valence electrons. The van der Waals surface area contributed by atoms with Gasteiger partial charge < -0.3 is 5.11 Å². The van der Waals surface area contributed by atoms with Gasteiger partial charge in [-0.2, -0.15) is 0 Å². The number of carbonyl (C=O) groups excluding carboxylic acids is 1. The Bertz CT molecular complexity index is 1050. The lowest BCUT2D eigenvalue weighted by molar-refractivity contribution is -0.110. The molecule has 0 saturated heterocycles. The second kappa shape index (κ2) is 7.23. The van der Waals surface area contributed by atoms with Crippen molar-refractivity contribution < 1.29 is 9.90 Å². The van der Waals surface area contributed by atoms with E-state index in [1.165, 1.54) is 6.45 Å². The average molecular weight is 617 g/mol. The minimum atomic E-state index is -2.23. The van der Waals surface area contributed by atoms with Crippen LogP contribution in [0.1, 0.15) is 13.3 Å². The van der Waals surface area contributed by atoms with Crippen molar-refractivity contribution in [2.24, 2.45) is 4.99 Å². The van der Waals surface area contributed by atoms with Crippen molar-refractivity contribution in [3.8, 4) is 16.2 Å². The Morgan fingerprint density at radius 2 is 2.04 bits per heavy atom. The van der Waals surface area contributed by atoms with Gasteiger partial charge in [0.1, 0.15) is 13.8 Å². The first-order chi connectivity index (χ1) is 12.8. The number of aliphatic imine (C=N–C) groups is 1. The van der Waals surface area contributed by atoms with Crippen molar-refractivity contribution in [1.29, 1.82) is 0 Å². The van der Waals surface area contributed by atoms with Crippen LogP contribution in [0.15, 0.2) is 46.6 Å². The summed E-state index contributed by atoms with van der Waals surface area (Å²) in [5.74, 6) is 0.332. The molecule has 1 unspecified atom stereocenters. The lowest BCUT2D eigenvalue weighted by Gasteiger charge is -2.37. The number of nitrogens with zero attached hydrogens (tertiary/aromatic N) is 1. The van der Waals surface area contributed by atoms with Crippen LogP contribution < -0.4 is 5.19 Å². The lowest BCUT2D eigenvalue weighted by Crippen LogP contribution is -2.52. The molecule has 0 bridgehead atoms. The first-order valence-electron chi connectivity index (χ1n) is 8.70. The summed E-state index contributed by atoms with van der Waals surface area (Å²) in [5, 5.41) is 13.1. The Hall–Kier alpha value is -0.783. The van der Waals surface area contributed by atoms with Gasteiger partial charge in [-0.25, -0.2) is 4.99 Å². The molecule has 1 aliphatic carbocycles. The third-order valence-corrected chi connectivity index (χ3v) is 14.3. The van der Waals surface area contributed by atoms with Crippen LogP contribution in [0.2, 0.25) is 12.6 Å². The smallest absolute Gasteiger partial charge is 0.178 e. The number of halogens is 2. The molecule has 27 heavy (non-hydrogen) atoms. The Morgan fingerprint density at radius 3 is 2.70 bits per heavy atom. The number of benzene rings is 1. The second-order valence-corrected chi connectivity index (χ2v) is 15.2. The first kappa shape index (κ1) is 19.5. The minimum absolute atomic E-state index is 0.0316. The summed E-state index contributed by atoms with van der Waals surface area (Å²) in [6.45, 7) is 4.50. The van der Waals surface area contributed by atoms with Gasteiger partial charge in [-0.3, -0.25) is 4.79 Å². The molecule has 0 saturated carbocycles. The average Bonchev–Trinajstić information content (AvgIpc) is 2.95. The molecule has 0 fully saturated rings. The number of allylic oxidation sites excluding steroid dienone is 4. The zero-order valence-corrected chi connectivity index (χ0v) is 21.0. The maximum atomic E-state index is 12.1. The summed E-state index contributed by atoms with van der Waals surface area (Å²) in [5.41, 5.74) is 2.76. The van der Waals surface area contributed by atoms with Crippen LogP contribution in [-0.2, 0) is 4.79 Å². The molecule has 1 atom stereocenters. The molecule has 1 aromatic heterocycles. The molecule has 3 nitrogen and oxygen atoms in total. The second-order valence-electron chi connectivity index (χ2n) is 6.96. The number of thiophene rings is 1. The van der Waals surface area contributed by atoms with Crippen LogP contribution in [0.3, 0.4) is 0 Å². The molecule has 0 spiro atoms. The Morgan fingerprint density at radius 1 is 1.26 bits per heavy atom. The summed E-state index contributed by atoms with van der Waals surface area (Å²) in [6.07, 6.45) is 6.25.